The third-order valence-corrected chi connectivity index (χ3v) is 2.22. The first-order valence-electron chi connectivity index (χ1n) is 5.13. The van der Waals surface area contributed by atoms with Crippen molar-refractivity contribution in [3.05, 3.63) is 30.0 Å². The Morgan fingerprint density at radius 2 is 2.06 bits per heavy atom. The van der Waals surface area contributed by atoms with Crippen molar-refractivity contribution in [3.8, 4) is 17.2 Å². The summed E-state index contributed by atoms with van der Waals surface area (Å²) in [6.45, 7) is 2.49. The van der Waals surface area contributed by atoms with Gasteiger partial charge in [-0.2, -0.15) is 0 Å². The molecule has 1 aliphatic heterocycles. The Kier molecular flexibility index (Phi) is 3.18. The Balaban J connectivity index is 2.12. The molecule has 0 saturated heterocycles. The van der Waals surface area contributed by atoms with E-state index in [2.05, 4.69) is 0 Å². The number of carbonyl (C=O) groups is 1. The molecule has 1 N–H and O–H groups in total. The number of hydrogen-bond donors (Lipinski definition) is 1. The summed E-state index contributed by atoms with van der Waals surface area (Å²) in [6, 6.07) is 5.09. The normalized spacial score (nSPS) is 14.3. The van der Waals surface area contributed by atoms with Gasteiger partial charge in [0.15, 0.2) is 11.5 Å². The Bertz CT molecular complexity index is 464. The van der Waals surface area contributed by atoms with E-state index in [1.807, 2.05) is 0 Å². The molecule has 0 radical (unpaired) electrons. The van der Waals surface area contributed by atoms with Gasteiger partial charge in [-0.25, -0.2) is 4.79 Å². The van der Waals surface area contributed by atoms with Crippen molar-refractivity contribution in [1.29, 1.82) is 0 Å². The largest absolute Gasteiger partial charge is 0.486 e. The molecule has 1 aromatic carbocycles. The van der Waals surface area contributed by atoms with Crippen LogP contribution in [0.25, 0.3) is 0 Å². The summed E-state index contributed by atoms with van der Waals surface area (Å²) in [5.41, 5.74) is 0.125. The van der Waals surface area contributed by atoms with Crippen molar-refractivity contribution < 1.29 is 24.1 Å². The van der Waals surface area contributed by atoms with Crippen LogP contribution >= 0.6 is 0 Å². The number of carboxylic acids is 1. The quantitative estimate of drug-likeness (QED) is 0.640. The van der Waals surface area contributed by atoms with Crippen molar-refractivity contribution in [1.82, 2.24) is 0 Å². The number of fused-ring (bicyclic) bond motifs is 1. The molecule has 17 heavy (non-hydrogen) atoms. The molecule has 0 bridgehead atoms. The van der Waals surface area contributed by atoms with Crippen molar-refractivity contribution >= 4 is 5.97 Å². The molecule has 0 aromatic heterocycles. The molecule has 0 atom stereocenters. The second kappa shape index (κ2) is 4.78. The third-order valence-electron chi connectivity index (χ3n) is 2.22. The molecule has 5 heteroatoms. The van der Waals surface area contributed by atoms with Crippen molar-refractivity contribution in [3.63, 3.8) is 0 Å². The van der Waals surface area contributed by atoms with Crippen LogP contribution in [0, 0.1) is 0 Å². The first-order valence-corrected chi connectivity index (χ1v) is 5.13. The number of hydrogen-bond acceptors (Lipinski definition) is 4. The molecule has 0 aliphatic carbocycles. The predicted molar refractivity (Wildman–Crippen MR) is 59.5 cm³/mol. The van der Waals surface area contributed by atoms with Gasteiger partial charge in [-0.15, -0.1) is 0 Å². The zero-order valence-electron chi connectivity index (χ0n) is 9.30. The SMILES string of the molecule is C/C(=C\Oc1ccc2c(c1)OCCO2)C(=O)O. The maximum Gasteiger partial charge on any atom is 0.334 e. The van der Waals surface area contributed by atoms with Crippen LogP contribution in [0.15, 0.2) is 30.0 Å². The minimum atomic E-state index is -1.01. The molecular formula is C12H12O5. The lowest BCUT2D eigenvalue weighted by molar-refractivity contribution is -0.132. The molecule has 5 nitrogen and oxygen atoms in total. The summed E-state index contributed by atoms with van der Waals surface area (Å²) < 4.78 is 15.9. The van der Waals surface area contributed by atoms with E-state index in [9.17, 15) is 4.79 Å². The van der Waals surface area contributed by atoms with E-state index in [-0.39, 0.29) is 5.57 Å². The molecule has 2 rings (SSSR count). The smallest absolute Gasteiger partial charge is 0.334 e. The number of carboxylic acid groups (broad SMARTS) is 1. The summed E-state index contributed by atoms with van der Waals surface area (Å²) in [7, 11) is 0. The van der Waals surface area contributed by atoms with Gasteiger partial charge in [0, 0.05) is 6.07 Å². The van der Waals surface area contributed by atoms with Gasteiger partial charge in [-0.3, -0.25) is 0 Å². The summed E-state index contributed by atoms with van der Waals surface area (Å²) in [6.07, 6.45) is 1.19. The van der Waals surface area contributed by atoms with Gasteiger partial charge in [0.2, 0.25) is 0 Å². The first kappa shape index (κ1) is 11.3. The highest BCUT2D eigenvalue weighted by Crippen LogP contribution is 2.33. The maximum absolute atomic E-state index is 10.6. The second-order valence-electron chi connectivity index (χ2n) is 3.53. The molecule has 0 saturated carbocycles. The van der Waals surface area contributed by atoms with Crippen LogP contribution in [0.1, 0.15) is 6.92 Å². The summed E-state index contributed by atoms with van der Waals surface area (Å²) in [4.78, 5) is 10.6. The van der Waals surface area contributed by atoms with Crippen LogP contribution in [0.5, 0.6) is 17.2 Å². The monoisotopic (exact) mass is 236 g/mol. The van der Waals surface area contributed by atoms with Crippen LogP contribution in [0.3, 0.4) is 0 Å². The van der Waals surface area contributed by atoms with Crippen LogP contribution in [-0.2, 0) is 4.79 Å². The van der Waals surface area contributed by atoms with Crippen LogP contribution < -0.4 is 14.2 Å². The fraction of sp³-hybridized carbons (Fsp3) is 0.250. The molecule has 1 aliphatic rings. The van der Waals surface area contributed by atoms with Crippen LogP contribution in [0.2, 0.25) is 0 Å². The number of ether oxygens (including phenoxy) is 3. The average molecular weight is 236 g/mol. The van der Waals surface area contributed by atoms with E-state index in [1.54, 1.807) is 18.2 Å². The molecule has 1 heterocycles. The van der Waals surface area contributed by atoms with Gasteiger partial charge in [0.1, 0.15) is 25.2 Å². The van der Waals surface area contributed by atoms with Crippen LogP contribution in [-0.4, -0.2) is 24.3 Å². The van der Waals surface area contributed by atoms with E-state index in [0.717, 1.165) is 0 Å². The fourth-order valence-electron chi connectivity index (χ4n) is 1.30. The van der Waals surface area contributed by atoms with Gasteiger partial charge in [0.05, 0.1) is 5.57 Å². The maximum atomic E-state index is 10.6. The first-order chi connectivity index (χ1) is 8.16. The lowest BCUT2D eigenvalue weighted by atomic mass is 10.3. The molecule has 0 spiro atoms. The molecule has 0 amide bonds. The number of rotatable bonds is 3. The second-order valence-corrected chi connectivity index (χ2v) is 3.53. The fourth-order valence-corrected chi connectivity index (χ4v) is 1.30. The van der Waals surface area contributed by atoms with Gasteiger partial charge in [0.25, 0.3) is 0 Å². The highest BCUT2D eigenvalue weighted by molar-refractivity contribution is 5.85. The number of aliphatic carboxylic acids is 1. The van der Waals surface area contributed by atoms with Crippen LogP contribution in [0.4, 0.5) is 0 Å². The molecule has 1 aromatic rings. The minimum Gasteiger partial charge on any atom is -0.486 e. The van der Waals surface area contributed by atoms with E-state index < -0.39 is 5.97 Å². The Hall–Kier alpha value is -2.17. The van der Waals surface area contributed by atoms with E-state index in [1.165, 1.54) is 13.2 Å². The summed E-state index contributed by atoms with van der Waals surface area (Å²) in [5.74, 6) is 0.773. The average Bonchev–Trinajstić information content (AvgIpc) is 2.35. The van der Waals surface area contributed by atoms with E-state index in [0.29, 0.717) is 30.5 Å². The highest BCUT2D eigenvalue weighted by Gasteiger charge is 2.12. The predicted octanol–water partition coefficient (Wildman–Crippen LogP) is 1.83. The van der Waals surface area contributed by atoms with Crippen molar-refractivity contribution in [2.45, 2.75) is 6.92 Å². The van der Waals surface area contributed by atoms with Gasteiger partial charge >= 0.3 is 5.97 Å². The highest BCUT2D eigenvalue weighted by atomic mass is 16.6. The van der Waals surface area contributed by atoms with E-state index >= 15 is 0 Å². The van der Waals surface area contributed by atoms with Gasteiger partial charge < -0.3 is 19.3 Å². The molecular weight excluding hydrogens is 224 g/mol. The zero-order chi connectivity index (χ0) is 12.3. The third kappa shape index (κ3) is 2.69. The summed E-state index contributed by atoms with van der Waals surface area (Å²) >= 11 is 0. The Labute approximate surface area is 98.2 Å². The van der Waals surface area contributed by atoms with E-state index in [4.69, 9.17) is 19.3 Å². The van der Waals surface area contributed by atoms with Gasteiger partial charge in [-0.05, 0) is 19.1 Å². The Morgan fingerprint density at radius 3 is 2.76 bits per heavy atom. The molecule has 90 valence electrons. The van der Waals surface area contributed by atoms with Crippen molar-refractivity contribution in [2.75, 3.05) is 13.2 Å². The van der Waals surface area contributed by atoms with Crippen molar-refractivity contribution in [2.24, 2.45) is 0 Å². The zero-order valence-corrected chi connectivity index (χ0v) is 9.30. The minimum absolute atomic E-state index is 0.125. The lowest BCUT2D eigenvalue weighted by Gasteiger charge is -2.18. The lowest BCUT2D eigenvalue weighted by Crippen LogP contribution is -2.15. The molecule has 0 fully saturated rings. The summed E-state index contributed by atoms with van der Waals surface area (Å²) in [5, 5.41) is 8.66. The topological polar surface area (TPSA) is 65.0 Å². The standard InChI is InChI=1S/C12H12O5/c1-8(12(13)14)7-17-9-2-3-10-11(6-9)16-5-4-15-10/h2-3,6-7H,4-5H2,1H3,(H,13,14)/b8-7+. The van der Waals surface area contributed by atoms with Gasteiger partial charge in [-0.1, -0.05) is 0 Å². The Morgan fingerprint density at radius 1 is 1.35 bits per heavy atom. The number of benzene rings is 1. The molecule has 0 unspecified atom stereocenters.